The molecule has 5 nitrogen and oxygen atoms in total. The molecular weight excluding hydrogens is 300 g/mol. The highest BCUT2D eigenvalue weighted by molar-refractivity contribution is 7.89. The standard InChI is InChI=1S/C16H30N2O3S/c1-2-3-13-22(20,21)17-15-9-11-18(12-10-15)16(19)14-7-5-4-6-8-14/h14-15,17H,2-13H2,1H3. The zero-order valence-electron chi connectivity index (χ0n) is 13.7. The molecule has 1 saturated carbocycles. The van der Waals surface area contributed by atoms with Gasteiger partial charge in [0.05, 0.1) is 5.75 Å². The Morgan fingerprint density at radius 3 is 2.32 bits per heavy atom. The number of likely N-dealkylation sites (tertiary alicyclic amines) is 1. The van der Waals surface area contributed by atoms with Crippen LogP contribution in [0.4, 0.5) is 0 Å². The average molecular weight is 330 g/mol. The van der Waals surface area contributed by atoms with Crippen molar-refractivity contribution in [2.75, 3.05) is 18.8 Å². The topological polar surface area (TPSA) is 66.5 Å². The summed E-state index contributed by atoms with van der Waals surface area (Å²) in [7, 11) is -3.16. The lowest BCUT2D eigenvalue weighted by Crippen LogP contribution is -2.48. The molecule has 1 saturated heterocycles. The molecule has 0 bridgehead atoms. The fourth-order valence-electron chi connectivity index (χ4n) is 3.47. The highest BCUT2D eigenvalue weighted by Gasteiger charge is 2.30. The number of rotatable bonds is 6. The lowest BCUT2D eigenvalue weighted by atomic mass is 9.87. The van der Waals surface area contributed by atoms with Crippen molar-refractivity contribution in [3.8, 4) is 0 Å². The van der Waals surface area contributed by atoms with Crippen molar-refractivity contribution in [2.24, 2.45) is 5.92 Å². The van der Waals surface area contributed by atoms with Crippen LogP contribution in [0.5, 0.6) is 0 Å². The molecule has 1 N–H and O–H groups in total. The van der Waals surface area contributed by atoms with Crippen LogP contribution in [-0.4, -0.2) is 44.1 Å². The van der Waals surface area contributed by atoms with Gasteiger partial charge in [-0.15, -0.1) is 0 Å². The van der Waals surface area contributed by atoms with Crippen molar-refractivity contribution < 1.29 is 13.2 Å². The molecule has 2 fully saturated rings. The number of unbranched alkanes of at least 4 members (excludes halogenated alkanes) is 1. The maximum atomic E-state index is 12.5. The normalized spacial score (nSPS) is 22.0. The van der Waals surface area contributed by atoms with Crippen molar-refractivity contribution in [2.45, 2.75) is 70.8 Å². The Bertz CT molecular complexity index is 450. The second-order valence-corrected chi connectivity index (χ2v) is 8.60. The zero-order valence-corrected chi connectivity index (χ0v) is 14.5. The van der Waals surface area contributed by atoms with Crippen molar-refractivity contribution >= 4 is 15.9 Å². The fraction of sp³-hybridized carbons (Fsp3) is 0.938. The Kier molecular flexibility index (Phi) is 6.68. The monoisotopic (exact) mass is 330 g/mol. The third kappa shape index (κ3) is 5.23. The van der Waals surface area contributed by atoms with Gasteiger partial charge in [0.15, 0.2) is 0 Å². The van der Waals surface area contributed by atoms with E-state index in [1.54, 1.807) is 0 Å². The Hall–Kier alpha value is -0.620. The number of piperidine rings is 1. The number of sulfonamides is 1. The van der Waals surface area contributed by atoms with Gasteiger partial charge in [-0.25, -0.2) is 13.1 Å². The van der Waals surface area contributed by atoms with Crippen molar-refractivity contribution in [1.29, 1.82) is 0 Å². The second-order valence-electron chi connectivity index (χ2n) is 6.72. The first-order valence-corrected chi connectivity index (χ1v) is 10.5. The van der Waals surface area contributed by atoms with Crippen LogP contribution in [0.3, 0.4) is 0 Å². The lowest BCUT2D eigenvalue weighted by Gasteiger charge is -2.35. The van der Waals surface area contributed by atoms with E-state index in [1.807, 2.05) is 11.8 Å². The van der Waals surface area contributed by atoms with Gasteiger partial charge in [0.2, 0.25) is 15.9 Å². The highest BCUT2D eigenvalue weighted by atomic mass is 32.2. The van der Waals surface area contributed by atoms with Crippen LogP contribution in [0.1, 0.15) is 64.7 Å². The minimum absolute atomic E-state index is 0.00254. The van der Waals surface area contributed by atoms with E-state index in [9.17, 15) is 13.2 Å². The number of nitrogens with one attached hydrogen (secondary N) is 1. The molecule has 0 aromatic carbocycles. The van der Waals surface area contributed by atoms with E-state index < -0.39 is 10.0 Å². The summed E-state index contributed by atoms with van der Waals surface area (Å²) in [6.45, 7) is 3.37. The summed E-state index contributed by atoms with van der Waals surface area (Å²) in [5.41, 5.74) is 0. The van der Waals surface area contributed by atoms with Gasteiger partial charge in [-0.1, -0.05) is 32.6 Å². The Balaban J connectivity index is 1.76. The molecule has 1 amide bonds. The summed E-state index contributed by atoms with van der Waals surface area (Å²) in [5, 5.41) is 0. The molecule has 0 aromatic rings. The first kappa shape index (κ1) is 17.7. The fourth-order valence-corrected chi connectivity index (χ4v) is 5.00. The van der Waals surface area contributed by atoms with Gasteiger partial charge in [-0.2, -0.15) is 0 Å². The lowest BCUT2D eigenvalue weighted by molar-refractivity contribution is -0.137. The molecule has 0 radical (unpaired) electrons. The third-order valence-electron chi connectivity index (χ3n) is 4.87. The quantitative estimate of drug-likeness (QED) is 0.812. The largest absolute Gasteiger partial charge is 0.342 e. The summed E-state index contributed by atoms with van der Waals surface area (Å²) < 4.78 is 26.7. The van der Waals surface area contributed by atoms with Gasteiger partial charge in [0.25, 0.3) is 0 Å². The van der Waals surface area contributed by atoms with Gasteiger partial charge in [0, 0.05) is 25.0 Å². The van der Waals surface area contributed by atoms with Crippen LogP contribution in [0, 0.1) is 5.92 Å². The Labute approximate surface area is 134 Å². The Morgan fingerprint density at radius 1 is 1.09 bits per heavy atom. The number of hydrogen-bond donors (Lipinski definition) is 1. The summed E-state index contributed by atoms with van der Waals surface area (Å²) >= 11 is 0. The molecule has 22 heavy (non-hydrogen) atoms. The second kappa shape index (κ2) is 8.29. The SMILES string of the molecule is CCCCS(=O)(=O)NC1CCN(C(=O)C2CCCCC2)CC1. The van der Waals surface area contributed by atoms with Crippen LogP contribution < -0.4 is 4.72 Å². The van der Waals surface area contributed by atoms with Gasteiger partial charge in [-0.3, -0.25) is 4.79 Å². The molecule has 1 aliphatic heterocycles. The molecule has 1 heterocycles. The predicted octanol–water partition coefficient (Wildman–Crippen LogP) is 2.28. The molecule has 2 rings (SSSR count). The van der Waals surface area contributed by atoms with E-state index >= 15 is 0 Å². The minimum Gasteiger partial charge on any atom is -0.342 e. The third-order valence-corrected chi connectivity index (χ3v) is 6.39. The first-order valence-electron chi connectivity index (χ1n) is 8.80. The number of carbonyl (C=O) groups excluding carboxylic acids is 1. The van der Waals surface area contributed by atoms with Gasteiger partial charge in [0.1, 0.15) is 0 Å². The van der Waals surface area contributed by atoms with Gasteiger partial charge < -0.3 is 4.90 Å². The molecule has 0 atom stereocenters. The maximum Gasteiger partial charge on any atom is 0.225 e. The molecule has 128 valence electrons. The number of nitrogens with zero attached hydrogens (tertiary/aromatic N) is 1. The highest BCUT2D eigenvalue weighted by Crippen LogP contribution is 2.26. The molecule has 0 spiro atoms. The molecule has 0 unspecified atom stereocenters. The van der Waals surface area contributed by atoms with E-state index in [2.05, 4.69) is 4.72 Å². The van der Waals surface area contributed by atoms with Crippen molar-refractivity contribution in [1.82, 2.24) is 9.62 Å². The van der Waals surface area contributed by atoms with Crippen LogP contribution in [0.15, 0.2) is 0 Å². The summed E-state index contributed by atoms with van der Waals surface area (Å²) in [6, 6.07) is -0.00254. The minimum atomic E-state index is -3.16. The van der Waals surface area contributed by atoms with E-state index in [-0.39, 0.29) is 17.7 Å². The molecule has 6 heteroatoms. The molecular formula is C16H30N2O3S. The summed E-state index contributed by atoms with van der Waals surface area (Å²) in [4.78, 5) is 14.4. The van der Waals surface area contributed by atoms with Crippen molar-refractivity contribution in [3.63, 3.8) is 0 Å². The van der Waals surface area contributed by atoms with E-state index in [1.165, 1.54) is 19.3 Å². The van der Waals surface area contributed by atoms with Gasteiger partial charge >= 0.3 is 0 Å². The number of amides is 1. The molecule has 1 aliphatic carbocycles. The van der Waals surface area contributed by atoms with Crippen LogP contribution in [0.25, 0.3) is 0 Å². The number of carbonyl (C=O) groups is 1. The molecule has 2 aliphatic rings. The number of hydrogen-bond acceptors (Lipinski definition) is 3. The summed E-state index contributed by atoms with van der Waals surface area (Å²) in [6.07, 6.45) is 8.72. The van der Waals surface area contributed by atoms with Crippen molar-refractivity contribution in [3.05, 3.63) is 0 Å². The van der Waals surface area contributed by atoms with Crippen LogP contribution >= 0.6 is 0 Å². The summed E-state index contributed by atoms with van der Waals surface area (Å²) in [5.74, 6) is 0.726. The van der Waals surface area contributed by atoms with E-state index in [0.717, 1.165) is 32.1 Å². The maximum absolute atomic E-state index is 12.5. The predicted molar refractivity (Wildman–Crippen MR) is 88.0 cm³/mol. The average Bonchev–Trinajstić information content (AvgIpc) is 2.53. The smallest absolute Gasteiger partial charge is 0.225 e. The first-order chi connectivity index (χ1) is 10.5. The van der Waals surface area contributed by atoms with Crippen LogP contribution in [0.2, 0.25) is 0 Å². The van der Waals surface area contributed by atoms with E-state index in [4.69, 9.17) is 0 Å². The Morgan fingerprint density at radius 2 is 1.73 bits per heavy atom. The molecule has 0 aromatic heterocycles. The van der Waals surface area contributed by atoms with Crippen LogP contribution in [-0.2, 0) is 14.8 Å². The van der Waals surface area contributed by atoms with E-state index in [0.29, 0.717) is 25.4 Å². The zero-order chi connectivity index (χ0) is 16.0. The van der Waals surface area contributed by atoms with Gasteiger partial charge in [-0.05, 0) is 32.1 Å².